The van der Waals surface area contributed by atoms with Crippen molar-refractivity contribution >= 4 is 23.1 Å². The first kappa shape index (κ1) is 17.8. The second-order valence-electron chi connectivity index (χ2n) is 5.43. The Morgan fingerprint density at radius 1 is 1.15 bits per heavy atom. The summed E-state index contributed by atoms with van der Waals surface area (Å²) in [4.78, 5) is 17.6. The van der Waals surface area contributed by atoms with Gasteiger partial charge in [-0.1, -0.05) is 6.07 Å². The van der Waals surface area contributed by atoms with Crippen molar-refractivity contribution < 1.29 is 14.3 Å². The van der Waals surface area contributed by atoms with Gasteiger partial charge in [-0.05, 0) is 35.2 Å². The number of hydrogen-bond acceptors (Lipinski definition) is 5. The summed E-state index contributed by atoms with van der Waals surface area (Å²) < 4.78 is 10.4. The van der Waals surface area contributed by atoms with E-state index in [2.05, 4.69) is 15.6 Å². The van der Waals surface area contributed by atoms with E-state index in [1.54, 1.807) is 50.0 Å². The molecule has 0 aliphatic carbocycles. The molecule has 134 valence electrons. The van der Waals surface area contributed by atoms with Gasteiger partial charge in [0, 0.05) is 35.4 Å². The predicted molar refractivity (Wildman–Crippen MR) is 103 cm³/mol. The quantitative estimate of drug-likeness (QED) is 0.685. The number of aromatic nitrogens is 1. The molecule has 0 fully saturated rings. The van der Waals surface area contributed by atoms with Crippen molar-refractivity contribution in [2.75, 3.05) is 19.5 Å². The summed E-state index contributed by atoms with van der Waals surface area (Å²) in [6.45, 7) is 0.372. The van der Waals surface area contributed by atoms with Crippen LogP contribution in [0.3, 0.4) is 0 Å². The number of carbonyl (C=O) groups excluding carboxylic acids is 1. The lowest BCUT2D eigenvalue weighted by molar-refractivity contribution is 0.251. The highest BCUT2D eigenvalue weighted by molar-refractivity contribution is 7.13. The Hall–Kier alpha value is -3.06. The maximum atomic E-state index is 12.2. The number of methoxy groups -OCH3 is 2. The summed E-state index contributed by atoms with van der Waals surface area (Å²) in [5.74, 6) is 1.19. The van der Waals surface area contributed by atoms with Gasteiger partial charge in [0.2, 0.25) is 0 Å². The van der Waals surface area contributed by atoms with Crippen molar-refractivity contribution in [1.82, 2.24) is 10.3 Å². The third-order valence-electron chi connectivity index (χ3n) is 3.71. The summed E-state index contributed by atoms with van der Waals surface area (Å²) in [6.07, 6.45) is 3.56. The van der Waals surface area contributed by atoms with Gasteiger partial charge in [-0.25, -0.2) is 4.79 Å². The third kappa shape index (κ3) is 4.31. The van der Waals surface area contributed by atoms with Crippen molar-refractivity contribution in [3.05, 3.63) is 59.7 Å². The lowest BCUT2D eigenvalue weighted by Gasteiger charge is -2.12. The Morgan fingerprint density at radius 3 is 2.77 bits per heavy atom. The van der Waals surface area contributed by atoms with Gasteiger partial charge in [0.25, 0.3) is 0 Å². The van der Waals surface area contributed by atoms with Crippen LogP contribution in [0.1, 0.15) is 5.56 Å². The number of amides is 2. The van der Waals surface area contributed by atoms with Gasteiger partial charge in [-0.15, -0.1) is 11.3 Å². The number of nitrogens with one attached hydrogen (secondary N) is 2. The molecular weight excluding hydrogens is 350 g/mol. The second kappa shape index (κ2) is 8.35. The number of nitrogens with zero attached hydrogens (tertiary/aromatic N) is 1. The van der Waals surface area contributed by atoms with E-state index in [9.17, 15) is 4.79 Å². The van der Waals surface area contributed by atoms with Crippen molar-refractivity contribution in [3.63, 3.8) is 0 Å². The Balaban J connectivity index is 1.62. The Kier molecular flexibility index (Phi) is 5.70. The lowest BCUT2D eigenvalue weighted by atomic mass is 10.2. The van der Waals surface area contributed by atoms with Crippen molar-refractivity contribution in [2.24, 2.45) is 0 Å². The largest absolute Gasteiger partial charge is 0.497 e. The standard InChI is InChI=1S/C19H19N3O3S/c1-24-15-5-6-16(17(9-15)25-2)22-19(23)21-11-13-8-14(12-20-10-13)18-4-3-7-26-18/h3-10,12H,11H2,1-2H3,(H2,21,22,23). The smallest absolute Gasteiger partial charge is 0.319 e. The number of rotatable bonds is 6. The highest BCUT2D eigenvalue weighted by Crippen LogP contribution is 2.29. The zero-order valence-electron chi connectivity index (χ0n) is 14.5. The first-order valence-electron chi connectivity index (χ1n) is 7.94. The summed E-state index contributed by atoms with van der Waals surface area (Å²) in [7, 11) is 3.12. The first-order chi connectivity index (χ1) is 12.7. The van der Waals surface area contributed by atoms with Gasteiger partial charge < -0.3 is 20.1 Å². The molecule has 0 atom stereocenters. The fourth-order valence-electron chi connectivity index (χ4n) is 2.41. The van der Waals surface area contributed by atoms with E-state index in [-0.39, 0.29) is 6.03 Å². The topological polar surface area (TPSA) is 72.5 Å². The molecule has 2 amide bonds. The molecule has 26 heavy (non-hydrogen) atoms. The van der Waals surface area contributed by atoms with E-state index < -0.39 is 0 Å². The van der Waals surface area contributed by atoms with Crippen LogP contribution in [0.25, 0.3) is 10.4 Å². The van der Waals surface area contributed by atoms with E-state index >= 15 is 0 Å². The fraction of sp³-hybridized carbons (Fsp3) is 0.158. The molecule has 0 bridgehead atoms. The molecule has 0 saturated carbocycles. The maximum Gasteiger partial charge on any atom is 0.319 e. The molecule has 0 saturated heterocycles. The number of hydrogen-bond donors (Lipinski definition) is 2. The van der Waals surface area contributed by atoms with E-state index in [4.69, 9.17) is 9.47 Å². The third-order valence-corrected chi connectivity index (χ3v) is 4.63. The SMILES string of the molecule is COc1ccc(NC(=O)NCc2cncc(-c3cccs3)c2)c(OC)c1. The van der Waals surface area contributed by atoms with E-state index in [1.165, 1.54) is 0 Å². The highest BCUT2D eigenvalue weighted by Gasteiger charge is 2.09. The monoisotopic (exact) mass is 369 g/mol. The molecule has 0 unspecified atom stereocenters. The molecular formula is C19H19N3O3S. The van der Waals surface area contributed by atoms with Gasteiger partial charge in [0.1, 0.15) is 11.5 Å². The molecule has 2 aromatic heterocycles. The van der Waals surface area contributed by atoms with Gasteiger partial charge in [-0.2, -0.15) is 0 Å². The van der Waals surface area contributed by atoms with Crippen LogP contribution >= 0.6 is 11.3 Å². The molecule has 7 heteroatoms. The second-order valence-corrected chi connectivity index (χ2v) is 6.38. The molecule has 0 radical (unpaired) electrons. The Labute approximate surface area is 155 Å². The number of pyridine rings is 1. The van der Waals surface area contributed by atoms with Crippen LogP contribution in [0.5, 0.6) is 11.5 Å². The summed E-state index contributed by atoms with van der Waals surface area (Å²) in [5.41, 5.74) is 2.53. The van der Waals surface area contributed by atoms with E-state index in [0.717, 1.165) is 16.0 Å². The predicted octanol–water partition coefficient (Wildman–Crippen LogP) is 4.15. The number of carbonyl (C=O) groups is 1. The summed E-state index contributed by atoms with van der Waals surface area (Å²) in [5, 5.41) is 7.63. The molecule has 0 aliphatic heterocycles. The van der Waals surface area contributed by atoms with Crippen LogP contribution in [0.15, 0.2) is 54.2 Å². The zero-order valence-corrected chi connectivity index (χ0v) is 15.3. The number of benzene rings is 1. The molecule has 3 aromatic rings. The molecule has 0 spiro atoms. The Bertz CT molecular complexity index is 881. The van der Waals surface area contributed by atoms with Crippen molar-refractivity contribution in [2.45, 2.75) is 6.54 Å². The minimum absolute atomic E-state index is 0.324. The zero-order chi connectivity index (χ0) is 18.4. The highest BCUT2D eigenvalue weighted by atomic mass is 32.1. The van der Waals surface area contributed by atoms with Crippen LogP contribution in [0.2, 0.25) is 0 Å². The van der Waals surface area contributed by atoms with Crippen LogP contribution in [-0.2, 0) is 6.54 Å². The normalized spacial score (nSPS) is 10.2. The first-order valence-corrected chi connectivity index (χ1v) is 8.82. The van der Waals surface area contributed by atoms with Crippen LogP contribution in [-0.4, -0.2) is 25.2 Å². The summed E-state index contributed by atoms with van der Waals surface area (Å²) >= 11 is 1.65. The van der Waals surface area contributed by atoms with Gasteiger partial charge in [-0.3, -0.25) is 4.98 Å². The van der Waals surface area contributed by atoms with Crippen LogP contribution < -0.4 is 20.1 Å². The molecule has 3 rings (SSSR count). The minimum atomic E-state index is -0.324. The number of anilines is 1. The molecule has 6 nitrogen and oxygen atoms in total. The maximum absolute atomic E-state index is 12.2. The summed E-state index contributed by atoms with van der Waals surface area (Å²) in [6, 6.07) is 10.9. The van der Waals surface area contributed by atoms with Gasteiger partial charge in [0.05, 0.1) is 19.9 Å². The van der Waals surface area contributed by atoms with Crippen molar-refractivity contribution in [1.29, 1.82) is 0 Å². The average Bonchev–Trinajstić information content (AvgIpc) is 3.22. The molecule has 2 heterocycles. The number of thiophene rings is 1. The van der Waals surface area contributed by atoms with Crippen molar-refractivity contribution in [3.8, 4) is 21.9 Å². The molecule has 1 aromatic carbocycles. The van der Waals surface area contributed by atoms with E-state index in [1.807, 2.05) is 29.8 Å². The van der Waals surface area contributed by atoms with Gasteiger partial charge in [0.15, 0.2) is 0 Å². The molecule has 0 aliphatic rings. The average molecular weight is 369 g/mol. The van der Waals surface area contributed by atoms with Crippen LogP contribution in [0, 0.1) is 0 Å². The molecule has 2 N–H and O–H groups in total. The van der Waals surface area contributed by atoms with Crippen LogP contribution in [0.4, 0.5) is 10.5 Å². The Morgan fingerprint density at radius 2 is 2.04 bits per heavy atom. The van der Waals surface area contributed by atoms with E-state index in [0.29, 0.717) is 23.7 Å². The minimum Gasteiger partial charge on any atom is -0.497 e. The number of ether oxygens (including phenoxy) is 2. The van der Waals surface area contributed by atoms with Gasteiger partial charge >= 0.3 is 6.03 Å². The number of urea groups is 1. The lowest BCUT2D eigenvalue weighted by Crippen LogP contribution is -2.28. The fourth-order valence-corrected chi connectivity index (χ4v) is 3.12.